The Hall–Kier alpha value is -0.120. The summed E-state index contributed by atoms with van der Waals surface area (Å²) in [4.78, 5) is 2.53. The molecule has 2 fully saturated rings. The maximum atomic E-state index is 10.1. The Morgan fingerprint density at radius 1 is 1.18 bits per heavy atom. The van der Waals surface area contributed by atoms with Crippen molar-refractivity contribution in [2.45, 2.75) is 63.5 Å². The van der Waals surface area contributed by atoms with Crippen LogP contribution >= 0.6 is 0 Å². The molecule has 3 unspecified atom stereocenters. The smallest absolute Gasteiger partial charge is 0.0632 e. The topological polar surface area (TPSA) is 49.5 Å². The molecule has 1 aliphatic heterocycles. The number of likely N-dealkylation sites (tertiary alicyclic amines) is 1. The molecule has 2 aliphatic rings. The van der Waals surface area contributed by atoms with Crippen molar-refractivity contribution in [2.75, 3.05) is 19.6 Å². The van der Waals surface area contributed by atoms with E-state index >= 15 is 0 Å². The lowest BCUT2D eigenvalue weighted by molar-refractivity contribution is 0.0437. The monoisotopic (exact) mass is 240 g/mol. The van der Waals surface area contributed by atoms with Gasteiger partial charge in [0.25, 0.3) is 0 Å². The average molecular weight is 240 g/mol. The second-order valence-electron chi connectivity index (χ2n) is 6.36. The van der Waals surface area contributed by atoms with Gasteiger partial charge in [-0.05, 0) is 51.5 Å². The van der Waals surface area contributed by atoms with Crippen LogP contribution in [0.25, 0.3) is 0 Å². The molecule has 2 rings (SSSR count). The molecule has 0 bridgehead atoms. The van der Waals surface area contributed by atoms with E-state index in [9.17, 15) is 5.11 Å². The zero-order chi connectivity index (χ0) is 12.3. The Labute approximate surface area is 105 Å². The molecule has 0 aromatic carbocycles. The predicted molar refractivity (Wildman–Crippen MR) is 70.8 cm³/mol. The van der Waals surface area contributed by atoms with E-state index in [0.717, 1.165) is 38.9 Å². The summed E-state index contributed by atoms with van der Waals surface area (Å²) >= 11 is 0. The van der Waals surface area contributed by atoms with Gasteiger partial charge in [-0.2, -0.15) is 0 Å². The third-order valence-corrected chi connectivity index (χ3v) is 4.62. The molecule has 100 valence electrons. The molecule has 1 saturated heterocycles. The highest BCUT2D eigenvalue weighted by atomic mass is 16.3. The molecule has 3 heteroatoms. The van der Waals surface area contributed by atoms with Gasteiger partial charge in [0.15, 0.2) is 0 Å². The van der Waals surface area contributed by atoms with Gasteiger partial charge >= 0.3 is 0 Å². The zero-order valence-electron chi connectivity index (χ0n) is 11.2. The number of nitrogens with zero attached hydrogens (tertiary/aromatic N) is 1. The van der Waals surface area contributed by atoms with Crippen LogP contribution in [0.1, 0.15) is 51.9 Å². The fourth-order valence-electron chi connectivity index (χ4n) is 3.30. The van der Waals surface area contributed by atoms with Crippen molar-refractivity contribution in [1.82, 2.24) is 4.90 Å². The minimum Gasteiger partial charge on any atom is -0.390 e. The first-order valence-electron chi connectivity index (χ1n) is 7.27. The molecule has 1 heterocycles. The van der Waals surface area contributed by atoms with Gasteiger partial charge in [-0.3, -0.25) is 0 Å². The van der Waals surface area contributed by atoms with Crippen molar-refractivity contribution >= 4 is 0 Å². The summed E-state index contributed by atoms with van der Waals surface area (Å²) in [5.41, 5.74) is 5.77. The van der Waals surface area contributed by atoms with Gasteiger partial charge in [-0.1, -0.05) is 12.8 Å². The second kappa shape index (κ2) is 5.68. The predicted octanol–water partition coefficient (Wildman–Crippen LogP) is 1.74. The number of hydrogen-bond acceptors (Lipinski definition) is 3. The van der Waals surface area contributed by atoms with Gasteiger partial charge in [-0.15, -0.1) is 0 Å². The van der Waals surface area contributed by atoms with Crippen LogP contribution in [0.4, 0.5) is 0 Å². The second-order valence-corrected chi connectivity index (χ2v) is 6.36. The molecule has 0 aromatic heterocycles. The maximum Gasteiger partial charge on any atom is 0.0632 e. The summed E-state index contributed by atoms with van der Waals surface area (Å²) in [6.07, 6.45) is 8.14. The quantitative estimate of drug-likeness (QED) is 0.773. The molecule has 1 saturated carbocycles. The first-order valence-corrected chi connectivity index (χ1v) is 7.27. The van der Waals surface area contributed by atoms with Crippen molar-refractivity contribution in [3.63, 3.8) is 0 Å². The van der Waals surface area contributed by atoms with Gasteiger partial charge in [0.2, 0.25) is 0 Å². The van der Waals surface area contributed by atoms with E-state index in [1.165, 1.54) is 25.7 Å². The van der Waals surface area contributed by atoms with E-state index in [1.54, 1.807) is 0 Å². The first kappa shape index (κ1) is 13.3. The maximum absolute atomic E-state index is 10.1. The zero-order valence-corrected chi connectivity index (χ0v) is 11.2. The molecule has 0 spiro atoms. The average Bonchev–Trinajstić information content (AvgIpc) is 2.44. The van der Waals surface area contributed by atoms with E-state index < -0.39 is 5.60 Å². The van der Waals surface area contributed by atoms with Crippen LogP contribution in [0.3, 0.4) is 0 Å². The number of nitrogens with two attached hydrogens (primary N) is 1. The van der Waals surface area contributed by atoms with Gasteiger partial charge in [0.1, 0.15) is 0 Å². The molecule has 3 atom stereocenters. The third-order valence-electron chi connectivity index (χ3n) is 4.62. The summed E-state index contributed by atoms with van der Waals surface area (Å²) in [6, 6.07) is 0.410. The summed E-state index contributed by atoms with van der Waals surface area (Å²) in [6.45, 7) is 5.30. The van der Waals surface area contributed by atoms with Crippen molar-refractivity contribution in [1.29, 1.82) is 0 Å². The van der Waals surface area contributed by atoms with Crippen LogP contribution in [-0.4, -0.2) is 41.3 Å². The lowest BCUT2D eigenvalue weighted by atomic mass is 9.84. The highest BCUT2D eigenvalue weighted by molar-refractivity contribution is 4.84. The standard InChI is InChI=1S/C14H28N2O/c1-14(17)7-4-9-16(10-8-14)11-12-5-2-3-6-13(12)15/h12-13,17H,2-11,15H2,1H3. The van der Waals surface area contributed by atoms with Crippen LogP contribution in [0, 0.1) is 5.92 Å². The van der Waals surface area contributed by atoms with Crippen LogP contribution < -0.4 is 5.73 Å². The minimum absolute atomic E-state index is 0.410. The van der Waals surface area contributed by atoms with Crippen molar-refractivity contribution < 1.29 is 5.11 Å². The van der Waals surface area contributed by atoms with Crippen molar-refractivity contribution in [3.8, 4) is 0 Å². The Morgan fingerprint density at radius 2 is 1.94 bits per heavy atom. The van der Waals surface area contributed by atoms with Gasteiger partial charge in [0, 0.05) is 19.1 Å². The van der Waals surface area contributed by atoms with Gasteiger partial charge < -0.3 is 15.7 Å². The third kappa shape index (κ3) is 3.94. The first-order chi connectivity index (χ1) is 8.07. The normalized spacial score (nSPS) is 41.1. The van der Waals surface area contributed by atoms with Crippen LogP contribution in [0.2, 0.25) is 0 Å². The Bertz CT molecular complexity index is 242. The Kier molecular flexibility index (Phi) is 4.45. The molecule has 1 aliphatic carbocycles. The SMILES string of the molecule is CC1(O)CCCN(CC2CCCCC2N)CC1. The van der Waals surface area contributed by atoms with Crippen LogP contribution in [-0.2, 0) is 0 Å². The van der Waals surface area contributed by atoms with E-state index in [1.807, 2.05) is 6.92 Å². The Morgan fingerprint density at radius 3 is 2.71 bits per heavy atom. The highest BCUT2D eigenvalue weighted by Gasteiger charge is 2.28. The van der Waals surface area contributed by atoms with Crippen LogP contribution in [0.5, 0.6) is 0 Å². The molecule has 17 heavy (non-hydrogen) atoms. The summed E-state index contributed by atoms with van der Waals surface area (Å²) in [5.74, 6) is 0.687. The summed E-state index contributed by atoms with van der Waals surface area (Å²) in [5, 5.41) is 10.1. The summed E-state index contributed by atoms with van der Waals surface area (Å²) < 4.78 is 0. The number of aliphatic hydroxyl groups is 1. The minimum atomic E-state index is -0.441. The van der Waals surface area contributed by atoms with E-state index in [2.05, 4.69) is 4.90 Å². The molecule has 0 amide bonds. The van der Waals surface area contributed by atoms with Crippen LogP contribution in [0.15, 0.2) is 0 Å². The molecule has 3 N–H and O–H groups in total. The van der Waals surface area contributed by atoms with E-state index in [4.69, 9.17) is 5.73 Å². The van der Waals surface area contributed by atoms with Gasteiger partial charge in [0.05, 0.1) is 5.60 Å². The van der Waals surface area contributed by atoms with E-state index in [-0.39, 0.29) is 0 Å². The fraction of sp³-hybridized carbons (Fsp3) is 1.00. The molecule has 0 radical (unpaired) electrons. The molecule has 3 nitrogen and oxygen atoms in total. The van der Waals surface area contributed by atoms with Crippen molar-refractivity contribution in [2.24, 2.45) is 11.7 Å². The molecular formula is C14H28N2O. The van der Waals surface area contributed by atoms with Gasteiger partial charge in [-0.25, -0.2) is 0 Å². The lowest BCUT2D eigenvalue weighted by Crippen LogP contribution is -2.41. The fourth-order valence-corrected chi connectivity index (χ4v) is 3.30. The Balaban J connectivity index is 1.82. The highest BCUT2D eigenvalue weighted by Crippen LogP contribution is 2.26. The van der Waals surface area contributed by atoms with Crippen molar-refractivity contribution in [3.05, 3.63) is 0 Å². The van der Waals surface area contributed by atoms with E-state index in [0.29, 0.717) is 12.0 Å². The summed E-state index contributed by atoms with van der Waals surface area (Å²) in [7, 11) is 0. The molecule has 0 aromatic rings. The molecular weight excluding hydrogens is 212 g/mol. The largest absolute Gasteiger partial charge is 0.390 e. The lowest BCUT2D eigenvalue weighted by Gasteiger charge is -2.33. The number of rotatable bonds is 2. The number of hydrogen-bond donors (Lipinski definition) is 2.